The van der Waals surface area contributed by atoms with Gasteiger partial charge in [0.05, 0.1) is 6.54 Å². The predicted molar refractivity (Wildman–Crippen MR) is 96.5 cm³/mol. The van der Waals surface area contributed by atoms with E-state index in [1.54, 1.807) is 0 Å². The molecule has 2 N–H and O–H groups in total. The Bertz CT molecular complexity index is 459. The summed E-state index contributed by atoms with van der Waals surface area (Å²) in [5, 5.41) is 6.58. The lowest BCUT2D eigenvalue weighted by Gasteiger charge is -2.22. The van der Waals surface area contributed by atoms with Gasteiger partial charge >= 0.3 is 0 Å². The SMILES string of the molecule is CCNC(=NCCN(C)C(C)CC)NCCc1ccc(F)cc1. The minimum Gasteiger partial charge on any atom is -0.357 e. The molecule has 0 aliphatic carbocycles. The number of nitrogens with zero attached hydrogens (tertiary/aromatic N) is 2. The number of hydrogen-bond acceptors (Lipinski definition) is 2. The van der Waals surface area contributed by atoms with E-state index in [0.717, 1.165) is 50.5 Å². The molecule has 0 radical (unpaired) electrons. The molecule has 0 aromatic heterocycles. The monoisotopic (exact) mass is 322 g/mol. The fourth-order valence-electron chi connectivity index (χ4n) is 2.17. The quantitative estimate of drug-likeness (QED) is 0.542. The van der Waals surface area contributed by atoms with Gasteiger partial charge in [-0.3, -0.25) is 4.99 Å². The van der Waals surface area contributed by atoms with Crippen molar-refractivity contribution in [3.05, 3.63) is 35.6 Å². The Labute approximate surface area is 140 Å². The fraction of sp³-hybridized carbons (Fsp3) is 0.611. The lowest BCUT2D eigenvalue weighted by Crippen LogP contribution is -2.39. The fourth-order valence-corrected chi connectivity index (χ4v) is 2.17. The number of rotatable bonds is 9. The van der Waals surface area contributed by atoms with Crippen LogP contribution in [-0.4, -0.2) is 50.1 Å². The number of guanidine groups is 1. The van der Waals surface area contributed by atoms with Crippen molar-refractivity contribution >= 4 is 5.96 Å². The molecular weight excluding hydrogens is 291 g/mol. The molecule has 23 heavy (non-hydrogen) atoms. The van der Waals surface area contributed by atoms with Gasteiger partial charge in [-0.1, -0.05) is 19.1 Å². The highest BCUT2D eigenvalue weighted by molar-refractivity contribution is 5.79. The van der Waals surface area contributed by atoms with E-state index in [1.165, 1.54) is 12.1 Å². The Morgan fingerprint density at radius 2 is 1.91 bits per heavy atom. The average molecular weight is 322 g/mol. The third-order valence-corrected chi connectivity index (χ3v) is 4.03. The van der Waals surface area contributed by atoms with Gasteiger partial charge in [0.2, 0.25) is 0 Å². The molecule has 1 aromatic rings. The summed E-state index contributed by atoms with van der Waals surface area (Å²) >= 11 is 0. The molecule has 0 spiro atoms. The number of likely N-dealkylation sites (N-methyl/N-ethyl adjacent to an activating group) is 1. The molecule has 0 heterocycles. The van der Waals surface area contributed by atoms with Crippen molar-refractivity contribution in [2.24, 2.45) is 4.99 Å². The first-order chi connectivity index (χ1) is 11.1. The van der Waals surface area contributed by atoms with Crippen molar-refractivity contribution in [2.45, 2.75) is 39.7 Å². The zero-order chi connectivity index (χ0) is 17.1. The van der Waals surface area contributed by atoms with Crippen LogP contribution in [0, 0.1) is 5.82 Å². The molecule has 0 fully saturated rings. The van der Waals surface area contributed by atoms with Gasteiger partial charge in [0.1, 0.15) is 5.82 Å². The van der Waals surface area contributed by atoms with Gasteiger partial charge in [0.25, 0.3) is 0 Å². The minimum absolute atomic E-state index is 0.193. The van der Waals surface area contributed by atoms with Crippen LogP contribution in [0.5, 0.6) is 0 Å². The highest BCUT2D eigenvalue weighted by atomic mass is 19.1. The van der Waals surface area contributed by atoms with Crippen molar-refractivity contribution < 1.29 is 4.39 Å². The number of nitrogens with one attached hydrogen (secondary N) is 2. The summed E-state index contributed by atoms with van der Waals surface area (Å²) in [6, 6.07) is 7.22. The standard InChI is InChI=1S/C18H31FN4/c1-5-15(3)23(4)14-13-22-18(20-6-2)21-12-11-16-7-9-17(19)10-8-16/h7-10,15H,5-6,11-14H2,1-4H3,(H2,20,21,22). The topological polar surface area (TPSA) is 39.7 Å². The molecule has 130 valence electrons. The Morgan fingerprint density at radius 3 is 2.52 bits per heavy atom. The molecule has 5 heteroatoms. The van der Waals surface area contributed by atoms with E-state index in [4.69, 9.17) is 0 Å². The lowest BCUT2D eigenvalue weighted by molar-refractivity contribution is 0.259. The molecule has 0 aliphatic heterocycles. The third-order valence-electron chi connectivity index (χ3n) is 4.03. The molecule has 0 aliphatic rings. The van der Waals surface area contributed by atoms with Crippen LogP contribution < -0.4 is 10.6 Å². The zero-order valence-electron chi connectivity index (χ0n) is 14.9. The second kappa shape index (κ2) is 11.0. The summed E-state index contributed by atoms with van der Waals surface area (Å²) in [5.41, 5.74) is 1.12. The van der Waals surface area contributed by atoms with Crippen LogP contribution in [0.2, 0.25) is 0 Å². The molecule has 0 saturated heterocycles. The van der Waals surface area contributed by atoms with Crippen molar-refractivity contribution in [1.82, 2.24) is 15.5 Å². The average Bonchev–Trinajstić information content (AvgIpc) is 2.55. The lowest BCUT2D eigenvalue weighted by atomic mass is 10.1. The first-order valence-corrected chi connectivity index (χ1v) is 8.53. The highest BCUT2D eigenvalue weighted by Crippen LogP contribution is 2.02. The van der Waals surface area contributed by atoms with Crippen LogP contribution in [0.15, 0.2) is 29.3 Å². The summed E-state index contributed by atoms with van der Waals surface area (Å²) in [6.07, 6.45) is 1.99. The molecule has 0 bridgehead atoms. The van der Waals surface area contributed by atoms with Crippen LogP contribution in [0.25, 0.3) is 0 Å². The number of benzene rings is 1. The van der Waals surface area contributed by atoms with E-state index < -0.39 is 0 Å². The Kier molecular flexibility index (Phi) is 9.29. The molecule has 4 nitrogen and oxygen atoms in total. The van der Waals surface area contributed by atoms with E-state index >= 15 is 0 Å². The Balaban J connectivity index is 2.38. The molecule has 0 amide bonds. The Hall–Kier alpha value is -1.62. The van der Waals surface area contributed by atoms with Gasteiger partial charge in [-0.05, 0) is 51.4 Å². The largest absolute Gasteiger partial charge is 0.357 e. The minimum atomic E-state index is -0.193. The summed E-state index contributed by atoms with van der Waals surface area (Å²) in [7, 11) is 2.14. The van der Waals surface area contributed by atoms with Crippen LogP contribution in [0.1, 0.15) is 32.8 Å². The van der Waals surface area contributed by atoms with Gasteiger partial charge in [0.15, 0.2) is 5.96 Å². The molecule has 1 unspecified atom stereocenters. The predicted octanol–water partition coefficient (Wildman–Crippen LogP) is 2.65. The van der Waals surface area contributed by atoms with Gasteiger partial charge in [-0.25, -0.2) is 4.39 Å². The smallest absolute Gasteiger partial charge is 0.191 e. The number of hydrogen-bond donors (Lipinski definition) is 2. The zero-order valence-corrected chi connectivity index (χ0v) is 14.9. The first kappa shape index (κ1) is 19.4. The van der Waals surface area contributed by atoms with Crippen LogP contribution in [0.3, 0.4) is 0 Å². The molecular formula is C18H31FN4. The number of aliphatic imine (C=N–C) groups is 1. The highest BCUT2D eigenvalue weighted by Gasteiger charge is 2.05. The normalized spacial score (nSPS) is 13.2. The van der Waals surface area contributed by atoms with Gasteiger partial charge in [-0.15, -0.1) is 0 Å². The Morgan fingerprint density at radius 1 is 1.22 bits per heavy atom. The summed E-state index contributed by atoms with van der Waals surface area (Å²) < 4.78 is 12.9. The maximum absolute atomic E-state index is 12.9. The van der Waals surface area contributed by atoms with Gasteiger partial charge in [-0.2, -0.15) is 0 Å². The summed E-state index contributed by atoms with van der Waals surface area (Å²) in [6.45, 7) is 9.82. The summed E-state index contributed by atoms with van der Waals surface area (Å²) in [5.74, 6) is 0.647. The molecule has 1 aromatic carbocycles. The second-order valence-corrected chi connectivity index (χ2v) is 5.80. The van der Waals surface area contributed by atoms with E-state index in [9.17, 15) is 4.39 Å². The van der Waals surface area contributed by atoms with Crippen molar-refractivity contribution in [3.63, 3.8) is 0 Å². The van der Waals surface area contributed by atoms with Crippen molar-refractivity contribution in [2.75, 3.05) is 33.2 Å². The molecule has 1 atom stereocenters. The van der Waals surface area contributed by atoms with Crippen LogP contribution in [-0.2, 0) is 6.42 Å². The number of halogens is 1. The van der Waals surface area contributed by atoms with Crippen molar-refractivity contribution in [1.29, 1.82) is 0 Å². The van der Waals surface area contributed by atoms with Crippen molar-refractivity contribution in [3.8, 4) is 0 Å². The van der Waals surface area contributed by atoms with Crippen LogP contribution >= 0.6 is 0 Å². The van der Waals surface area contributed by atoms with Crippen LogP contribution in [0.4, 0.5) is 4.39 Å². The maximum atomic E-state index is 12.9. The second-order valence-electron chi connectivity index (χ2n) is 5.80. The van der Waals surface area contributed by atoms with E-state index in [0.29, 0.717) is 6.04 Å². The van der Waals surface area contributed by atoms with Gasteiger partial charge in [0, 0.05) is 25.7 Å². The first-order valence-electron chi connectivity index (χ1n) is 8.53. The maximum Gasteiger partial charge on any atom is 0.191 e. The summed E-state index contributed by atoms with van der Waals surface area (Å²) in [4.78, 5) is 6.93. The van der Waals surface area contributed by atoms with E-state index in [2.05, 4.69) is 48.3 Å². The third kappa shape index (κ3) is 7.98. The molecule has 1 rings (SSSR count). The molecule has 0 saturated carbocycles. The van der Waals surface area contributed by atoms with E-state index in [1.807, 2.05) is 12.1 Å². The van der Waals surface area contributed by atoms with E-state index in [-0.39, 0.29) is 5.82 Å². The van der Waals surface area contributed by atoms with Gasteiger partial charge < -0.3 is 15.5 Å².